The molecule has 4 aromatic rings. The number of hydrogen-bond donors (Lipinski definition) is 6. The van der Waals surface area contributed by atoms with Crippen LogP contribution in [0.2, 0.25) is 0 Å². The largest absolute Gasteiger partial charge is 0.444 e. The van der Waals surface area contributed by atoms with Gasteiger partial charge in [0.2, 0.25) is 17.7 Å². The number of aryl methyl sites for hydroxylation is 1. The minimum Gasteiger partial charge on any atom is -0.444 e. The number of amides is 5. The molecule has 284 valence electrons. The first kappa shape index (κ1) is 38.0. The molecule has 2 unspecified atom stereocenters. The Bertz CT molecular complexity index is 2010. The van der Waals surface area contributed by atoms with Gasteiger partial charge < -0.3 is 31.3 Å². The van der Waals surface area contributed by atoms with Gasteiger partial charge in [-0.3, -0.25) is 24.3 Å². The molecule has 13 heteroatoms. The van der Waals surface area contributed by atoms with E-state index in [2.05, 4.69) is 36.8 Å². The van der Waals surface area contributed by atoms with Crippen molar-refractivity contribution in [1.82, 2.24) is 31.5 Å². The highest BCUT2D eigenvalue weighted by molar-refractivity contribution is 6.00. The number of aromatic nitrogens is 2. The van der Waals surface area contributed by atoms with Crippen molar-refractivity contribution in [3.05, 3.63) is 83.6 Å². The quantitative estimate of drug-likeness (QED) is 0.123. The summed E-state index contributed by atoms with van der Waals surface area (Å²) in [6.45, 7) is 8.45. The maximum atomic E-state index is 13.8. The van der Waals surface area contributed by atoms with Crippen molar-refractivity contribution in [1.29, 1.82) is 0 Å². The third kappa shape index (κ3) is 9.82. The highest BCUT2D eigenvalue weighted by atomic mass is 16.6. The Morgan fingerprint density at radius 1 is 0.944 bits per heavy atom. The Labute approximate surface area is 314 Å². The first-order valence-electron chi connectivity index (χ1n) is 18.6. The van der Waals surface area contributed by atoms with Crippen molar-refractivity contribution in [2.24, 2.45) is 11.8 Å². The number of rotatable bonds is 11. The predicted octanol–water partition coefficient (Wildman–Crippen LogP) is 5.15. The van der Waals surface area contributed by atoms with Crippen LogP contribution in [0.3, 0.4) is 0 Å². The van der Waals surface area contributed by atoms with Crippen LogP contribution >= 0.6 is 0 Å². The van der Waals surface area contributed by atoms with E-state index in [1.165, 1.54) is 0 Å². The number of alkyl carbamates (subject to hydrolysis) is 1. The van der Waals surface area contributed by atoms with E-state index in [1.54, 1.807) is 18.3 Å². The molecule has 0 spiro atoms. The fourth-order valence-corrected chi connectivity index (χ4v) is 7.07. The highest BCUT2D eigenvalue weighted by Gasteiger charge is 2.31. The highest BCUT2D eigenvalue weighted by Crippen LogP contribution is 2.30. The smallest absolute Gasteiger partial charge is 0.407 e. The first-order valence-corrected chi connectivity index (χ1v) is 18.6. The third-order valence-corrected chi connectivity index (χ3v) is 10.0. The van der Waals surface area contributed by atoms with Crippen molar-refractivity contribution in [2.75, 3.05) is 18.4 Å². The van der Waals surface area contributed by atoms with Gasteiger partial charge in [0.1, 0.15) is 17.7 Å². The maximum absolute atomic E-state index is 13.8. The van der Waals surface area contributed by atoms with E-state index >= 15 is 0 Å². The number of benzene rings is 3. The summed E-state index contributed by atoms with van der Waals surface area (Å²) in [7, 11) is 0. The molecule has 2 aliphatic rings. The summed E-state index contributed by atoms with van der Waals surface area (Å²) in [5, 5.41) is 22.3. The minimum absolute atomic E-state index is 0.164. The third-order valence-electron chi connectivity index (χ3n) is 10.0. The van der Waals surface area contributed by atoms with Gasteiger partial charge in [-0.15, -0.1) is 0 Å². The molecule has 0 bridgehead atoms. The number of ether oxygens (including phenoxy) is 1. The zero-order chi connectivity index (χ0) is 38.4. The van der Waals surface area contributed by atoms with E-state index in [-0.39, 0.29) is 41.9 Å². The Morgan fingerprint density at radius 3 is 2.39 bits per heavy atom. The first-order chi connectivity index (χ1) is 25.8. The van der Waals surface area contributed by atoms with E-state index in [0.717, 1.165) is 46.0 Å². The molecule has 1 aromatic heterocycles. The average Bonchev–Trinajstić information content (AvgIpc) is 3.78. The summed E-state index contributed by atoms with van der Waals surface area (Å²) in [6.07, 6.45) is 4.97. The van der Waals surface area contributed by atoms with E-state index in [1.807, 2.05) is 76.2 Å². The second-order valence-corrected chi connectivity index (χ2v) is 15.4. The lowest BCUT2D eigenvalue weighted by Crippen LogP contribution is -2.48. The fourth-order valence-electron chi connectivity index (χ4n) is 7.07. The molecule has 2 fully saturated rings. The van der Waals surface area contributed by atoms with Gasteiger partial charge in [-0.05, 0) is 118 Å². The minimum atomic E-state index is -0.839. The summed E-state index contributed by atoms with van der Waals surface area (Å²) >= 11 is 0. The number of carbonyl (C=O) groups excluding carboxylic acids is 5. The van der Waals surface area contributed by atoms with Crippen molar-refractivity contribution < 1.29 is 28.7 Å². The fraction of sp³-hybridized carbons (Fsp3) is 0.415. The van der Waals surface area contributed by atoms with Crippen molar-refractivity contribution in [3.63, 3.8) is 0 Å². The molecule has 6 rings (SSSR count). The number of nitrogens with zero attached hydrogens (tertiary/aromatic N) is 1. The molecule has 1 aliphatic heterocycles. The summed E-state index contributed by atoms with van der Waals surface area (Å²) < 4.78 is 5.35. The van der Waals surface area contributed by atoms with Gasteiger partial charge in [-0.25, -0.2) is 4.79 Å². The van der Waals surface area contributed by atoms with E-state index in [9.17, 15) is 24.0 Å². The topological polar surface area (TPSA) is 183 Å². The van der Waals surface area contributed by atoms with E-state index in [4.69, 9.17) is 4.74 Å². The van der Waals surface area contributed by atoms with Crippen LogP contribution in [0.25, 0.3) is 22.0 Å². The van der Waals surface area contributed by atoms with Gasteiger partial charge in [0.15, 0.2) is 0 Å². The SMILES string of the molecule is Cc1cc(C(=O)NC2CCNC2=O)ccc1-c1ccc(CC(NC(=O)C2CCC(CNC(=O)OC(C)(C)C)CC2)C(=O)Nc2ccc3cn[nH]c3c2)cc1. The zero-order valence-electron chi connectivity index (χ0n) is 31.2. The lowest BCUT2D eigenvalue weighted by atomic mass is 9.81. The molecule has 54 heavy (non-hydrogen) atoms. The van der Waals surface area contributed by atoms with E-state index in [0.29, 0.717) is 43.6 Å². The van der Waals surface area contributed by atoms with Gasteiger partial charge in [0.25, 0.3) is 5.91 Å². The number of anilines is 1. The van der Waals surface area contributed by atoms with Crippen molar-refractivity contribution in [3.8, 4) is 11.1 Å². The lowest BCUT2D eigenvalue weighted by Gasteiger charge is -2.29. The standard InChI is InChI=1S/C41H49N7O6/c1-24-19-29(37(50)46-33-17-18-42-38(33)51)14-16-32(24)27-9-5-25(6-10-27)20-35(39(52)45-31-15-13-30-23-44-48-34(30)21-31)47-36(49)28-11-7-26(8-12-28)22-43-40(53)54-41(2,3)4/h5-6,9-10,13-16,19,21,23,26,28,33,35H,7-8,11-12,17-18,20,22H2,1-4H3,(H,42,51)(H,43,53)(H,44,48)(H,45,52)(H,46,50)(H,47,49). The van der Waals surface area contributed by atoms with Crippen molar-refractivity contribution in [2.45, 2.75) is 83.9 Å². The maximum Gasteiger partial charge on any atom is 0.407 e. The molecule has 13 nitrogen and oxygen atoms in total. The monoisotopic (exact) mass is 735 g/mol. The molecule has 1 saturated heterocycles. The molecule has 2 heterocycles. The Hall–Kier alpha value is -5.72. The number of H-pyrrole nitrogens is 1. The normalized spacial score (nSPS) is 19.0. The molecule has 1 saturated carbocycles. The second-order valence-electron chi connectivity index (χ2n) is 15.4. The number of hydrogen-bond acceptors (Lipinski definition) is 7. The van der Waals surface area contributed by atoms with Crippen LogP contribution in [0.5, 0.6) is 0 Å². The van der Waals surface area contributed by atoms with Crippen LogP contribution in [0.4, 0.5) is 10.5 Å². The van der Waals surface area contributed by atoms with Crippen LogP contribution in [0, 0.1) is 18.8 Å². The van der Waals surface area contributed by atoms with Gasteiger partial charge >= 0.3 is 6.09 Å². The van der Waals surface area contributed by atoms with Gasteiger partial charge in [0.05, 0.1) is 11.7 Å². The van der Waals surface area contributed by atoms with E-state index < -0.39 is 23.8 Å². The number of fused-ring (bicyclic) bond motifs is 1. The Morgan fingerprint density at radius 2 is 1.70 bits per heavy atom. The molecular weight excluding hydrogens is 686 g/mol. The van der Waals surface area contributed by atoms with Gasteiger partial charge in [0, 0.05) is 42.1 Å². The predicted molar refractivity (Wildman–Crippen MR) is 206 cm³/mol. The van der Waals surface area contributed by atoms with Crippen LogP contribution in [-0.4, -0.2) is 70.7 Å². The molecule has 3 aromatic carbocycles. The zero-order valence-corrected chi connectivity index (χ0v) is 31.2. The van der Waals surface area contributed by atoms with Crippen molar-refractivity contribution >= 4 is 46.3 Å². The number of carbonyl (C=O) groups is 5. The van der Waals surface area contributed by atoms with Gasteiger partial charge in [-0.2, -0.15) is 5.10 Å². The Kier molecular flexibility index (Phi) is 11.6. The van der Waals surface area contributed by atoms with Gasteiger partial charge in [-0.1, -0.05) is 30.3 Å². The molecule has 5 amide bonds. The molecule has 2 atom stereocenters. The molecule has 0 radical (unpaired) electrons. The van der Waals surface area contributed by atoms with Crippen LogP contribution in [0.1, 0.15) is 74.4 Å². The molecule has 1 aliphatic carbocycles. The summed E-state index contributed by atoms with van der Waals surface area (Å²) in [5.74, 6) is -0.954. The summed E-state index contributed by atoms with van der Waals surface area (Å²) in [4.78, 5) is 64.3. The van der Waals surface area contributed by atoms with Crippen LogP contribution < -0.4 is 26.6 Å². The number of nitrogens with one attached hydrogen (secondary N) is 6. The molecule has 6 N–H and O–H groups in total. The average molecular weight is 736 g/mol. The summed E-state index contributed by atoms with van der Waals surface area (Å²) in [6, 6.07) is 17.4. The second kappa shape index (κ2) is 16.5. The Balaban J connectivity index is 1.10. The lowest BCUT2D eigenvalue weighted by molar-refractivity contribution is -0.130. The summed E-state index contributed by atoms with van der Waals surface area (Å²) in [5.41, 5.74) is 4.94. The van der Waals surface area contributed by atoms with Crippen LogP contribution in [-0.2, 0) is 25.5 Å². The van der Waals surface area contributed by atoms with Crippen LogP contribution in [0.15, 0.2) is 66.9 Å². The molecular formula is C41H49N7O6. The number of aromatic amines is 1.